The molecule has 0 aromatic heterocycles. The Morgan fingerprint density at radius 3 is 2.40 bits per heavy atom. The smallest absolute Gasteiger partial charge is 0.279 e. The van der Waals surface area contributed by atoms with Crippen LogP contribution in [-0.2, 0) is 10.2 Å². The Hall–Kier alpha value is -0.950. The van der Waals surface area contributed by atoms with Gasteiger partial charge in [0, 0.05) is 19.6 Å². The molecule has 0 aliphatic heterocycles. The maximum absolute atomic E-state index is 12.2. The third-order valence-corrected chi connectivity index (χ3v) is 4.87. The van der Waals surface area contributed by atoms with E-state index in [1.807, 2.05) is 45.2 Å². The van der Waals surface area contributed by atoms with Gasteiger partial charge in [0.1, 0.15) is 0 Å². The van der Waals surface area contributed by atoms with Crippen LogP contribution >= 0.6 is 0 Å². The van der Waals surface area contributed by atoms with Gasteiger partial charge in [0.05, 0.1) is 0 Å². The van der Waals surface area contributed by atoms with E-state index in [0.717, 1.165) is 24.1 Å². The van der Waals surface area contributed by atoms with Crippen molar-refractivity contribution in [3.63, 3.8) is 0 Å². The van der Waals surface area contributed by atoms with Crippen molar-refractivity contribution in [3.05, 3.63) is 35.4 Å². The monoisotopic (exact) mass is 299 g/mol. The second kappa shape index (κ2) is 7.73. The summed E-state index contributed by atoms with van der Waals surface area (Å²) in [6.07, 6.45) is 0.785. The largest absolute Gasteiger partial charge is 0.320 e. The van der Waals surface area contributed by atoms with Crippen LogP contribution in [0.5, 0.6) is 0 Å². The molecule has 1 aromatic carbocycles. The van der Waals surface area contributed by atoms with Crippen LogP contribution in [0.2, 0.25) is 0 Å². The Kier molecular flexibility index (Phi) is 6.61. The van der Waals surface area contributed by atoms with Gasteiger partial charge in [0.2, 0.25) is 0 Å². The van der Waals surface area contributed by atoms with Gasteiger partial charge in [-0.25, -0.2) is 0 Å². The predicted octanol–water partition coefficient (Wildman–Crippen LogP) is 1.43. The van der Waals surface area contributed by atoms with Gasteiger partial charge in [-0.1, -0.05) is 29.8 Å². The second-order valence-corrected chi connectivity index (χ2v) is 6.84. The van der Waals surface area contributed by atoms with E-state index in [-0.39, 0.29) is 6.04 Å². The lowest BCUT2D eigenvalue weighted by Gasteiger charge is -2.21. The molecule has 1 rings (SSSR count). The molecule has 0 aliphatic carbocycles. The minimum absolute atomic E-state index is 0.243. The van der Waals surface area contributed by atoms with E-state index in [9.17, 15) is 8.42 Å². The highest BCUT2D eigenvalue weighted by Gasteiger charge is 2.20. The van der Waals surface area contributed by atoms with Crippen molar-refractivity contribution >= 4 is 10.2 Å². The van der Waals surface area contributed by atoms with Crippen LogP contribution in [0.4, 0.5) is 0 Å². The molecule has 0 bridgehead atoms. The fraction of sp³-hybridized carbons (Fsp3) is 0.571. The van der Waals surface area contributed by atoms with Crippen LogP contribution in [0.1, 0.15) is 30.5 Å². The number of hydrogen-bond acceptors (Lipinski definition) is 3. The zero-order chi connectivity index (χ0) is 15.2. The van der Waals surface area contributed by atoms with Crippen molar-refractivity contribution in [1.29, 1.82) is 0 Å². The van der Waals surface area contributed by atoms with Gasteiger partial charge in [-0.2, -0.15) is 17.4 Å². The van der Waals surface area contributed by atoms with Crippen LogP contribution in [0.15, 0.2) is 24.3 Å². The Bertz CT molecular complexity index is 500. The lowest BCUT2D eigenvalue weighted by molar-refractivity contribution is 0.441. The molecule has 0 fully saturated rings. The third kappa shape index (κ3) is 5.20. The summed E-state index contributed by atoms with van der Waals surface area (Å²) >= 11 is 0. The highest BCUT2D eigenvalue weighted by atomic mass is 32.2. The van der Waals surface area contributed by atoms with Gasteiger partial charge < -0.3 is 5.32 Å². The maximum atomic E-state index is 12.2. The highest BCUT2D eigenvalue weighted by molar-refractivity contribution is 7.87. The molecule has 0 saturated carbocycles. The fourth-order valence-electron chi connectivity index (χ4n) is 1.84. The molecular weight excluding hydrogens is 274 g/mol. The Labute approximate surface area is 122 Å². The molecular formula is C14H25N3O2S. The number of nitrogens with zero attached hydrogens (tertiary/aromatic N) is 1. The molecule has 114 valence electrons. The molecule has 1 unspecified atom stereocenters. The lowest BCUT2D eigenvalue weighted by atomic mass is 10.1. The quantitative estimate of drug-likeness (QED) is 0.714. The average Bonchev–Trinajstić information content (AvgIpc) is 2.39. The number of aryl methyl sites for hydroxylation is 1. The zero-order valence-corrected chi connectivity index (χ0v) is 13.5. The van der Waals surface area contributed by atoms with Crippen molar-refractivity contribution in [3.8, 4) is 0 Å². The summed E-state index contributed by atoms with van der Waals surface area (Å²) in [7, 11) is 0.00777. The fourth-order valence-corrected chi connectivity index (χ4v) is 2.97. The minimum atomic E-state index is -3.44. The maximum Gasteiger partial charge on any atom is 0.279 e. The average molecular weight is 299 g/mol. The molecule has 0 aliphatic rings. The number of benzene rings is 1. The lowest BCUT2D eigenvalue weighted by Crippen LogP contribution is -2.40. The standard InChI is InChI=1S/C14H25N3O2S/c1-12-6-8-14(9-7-12)13(2)16-20(18,19)17(4)11-5-10-15-3/h6-9,13,15-16H,5,10-11H2,1-4H3. The van der Waals surface area contributed by atoms with Crippen molar-refractivity contribution in [2.75, 3.05) is 27.2 Å². The van der Waals surface area contributed by atoms with Gasteiger partial charge in [0.25, 0.3) is 10.2 Å². The number of rotatable bonds is 8. The molecule has 0 saturated heterocycles. The SMILES string of the molecule is CNCCCN(C)S(=O)(=O)NC(C)c1ccc(C)cc1. The van der Waals surface area contributed by atoms with Crippen LogP contribution in [0, 0.1) is 6.92 Å². The Balaban J connectivity index is 2.63. The van der Waals surface area contributed by atoms with E-state index >= 15 is 0 Å². The normalized spacial score (nSPS) is 13.7. The molecule has 5 nitrogen and oxygen atoms in total. The summed E-state index contributed by atoms with van der Waals surface area (Å²) in [5, 5.41) is 3.00. The van der Waals surface area contributed by atoms with Gasteiger partial charge in [0.15, 0.2) is 0 Å². The molecule has 0 heterocycles. The summed E-state index contributed by atoms with van der Waals surface area (Å²) in [5.41, 5.74) is 2.12. The Morgan fingerprint density at radius 1 is 1.25 bits per heavy atom. The van der Waals surface area contributed by atoms with Gasteiger partial charge >= 0.3 is 0 Å². The summed E-state index contributed by atoms with van der Waals surface area (Å²) < 4.78 is 28.4. The summed E-state index contributed by atoms with van der Waals surface area (Å²) in [6.45, 7) is 5.15. The van der Waals surface area contributed by atoms with Crippen molar-refractivity contribution < 1.29 is 8.42 Å². The summed E-state index contributed by atoms with van der Waals surface area (Å²) in [5.74, 6) is 0. The molecule has 20 heavy (non-hydrogen) atoms. The minimum Gasteiger partial charge on any atom is -0.320 e. The van der Waals surface area contributed by atoms with E-state index in [1.165, 1.54) is 4.31 Å². The van der Waals surface area contributed by atoms with Crippen LogP contribution < -0.4 is 10.0 Å². The number of nitrogens with one attached hydrogen (secondary N) is 2. The van der Waals surface area contributed by atoms with E-state index in [1.54, 1.807) is 7.05 Å². The van der Waals surface area contributed by atoms with Crippen molar-refractivity contribution in [2.24, 2.45) is 0 Å². The first-order chi connectivity index (χ1) is 9.36. The van der Waals surface area contributed by atoms with E-state index in [4.69, 9.17) is 0 Å². The van der Waals surface area contributed by atoms with Crippen LogP contribution in [0.25, 0.3) is 0 Å². The van der Waals surface area contributed by atoms with E-state index in [2.05, 4.69) is 10.0 Å². The molecule has 6 heteroatoms. The molecule has 0 spiro atoms. The summed E-state index contributed by atoms with van der Waals surface area (Å²) in [4.78, 5) is 0. The molecule has 2 N–H and O–H groups in total. The van der Waals surface area contributed by atoms with Gasteiger partial charge in [-0.15, -0.1) is 0 Å². The first-order valence-corrected chi connectivity index (χ1v) is 8.25. The van der Waals surface area contributed by atoms with Crippen LogP contribution in [0.3, 0.4) is 0 Å². The van der Waals surface area contributed by atoms with Crippen molar-refractivity contribution in [1.82, 2.24) is 14.3 Å². The van der Waals surface area contributed by atoms with Gasteiger partial charge in [-0.05, 0) is 39.4 Å². The molecule has 0 amide bonds. The molecule has 1 aromatic rings. The molecule has 1 atom stereocenters. The topological polar surface area (TPSA) is 61.4 Å². The first-order valence-electron chi connectivity index (χ1n) is 6.81. The number of hydrogen-bond donors (Lipinski definition) is 2. The second-order valence-electron chi connectivity index (χ2n) is 5.03. The van der Waals surface area contributed by atoms with E-state index < -0.39 is 10.2 Å². The first kappa shape index (κ1) is 17.1. The third-order valence-electron chi connectivity index (χ3n) is 3.21. The van der Waals surface area contributed by atoms with Crippen molar-refractivity contribution in [2.45, 2.75) is 26.3 Å². The zero-order valence-electron chi connectivity index (χ0n) is 12.7. The Morgan fingerprint density at radius 2 is 1.85 bits per heavy atom. The highest BCUT2D eigenvalue weighted by Crippen LogP contribution is 2.14. The van der Waals surface area contributed by atoms with Crippen LogP contribution in [-0.4, -0.2) is 39.9 Å². The molecule has 0 radical (unpaired) electrons. The predicted molar refractivity (Wildman–Crippen MR) is 82.8 cm³/mol. The summed E-state index contributed by atoms with van der Waals surface area (Å²) in [6, 6.07) is 7.62. The van der Waals surface area contributed by atoms with E-state index in [0.29, 0.717) is 6.54 Å². The van der Waals surface area contributed by atoms with Gasteiger partial charge in [-0.3, -0.25) is 0 Å².